The van der Waals surface area contributed by atoms with Crippen LogP contribution in [0, 0.1) is 5.92 Å². The minimum Gasteiger partial charge on any atom is -0.335 e. The fourth-order valence-electron chi connectivity index (χ4n) is 1.48. The van der Waals surface area contributed by atoms with Gasteiger partial charge in [0.25, 0.3) is 0 Å². The number of carbonyl (C=O) groups excluding carboxylic acids is 1. The van der Waals surface area contributed by atoms with E-state index in [1.165, 1.54) is 0 Å². The van der Waals surface area contributed by atoms with E-state index < -0.39 is 0 Å². The van der Waals surface area contributed by atoms with Crippen molar-refractivity contribution in [3.8, 4) is 0 Å². The third-order valence-electron chi connectivity index (χ3n) is 3.01. The lowest BCUT2D eigenvalue weighted by atomic mass is 10.1. The third-order valence-corrected chi connectivity index (χ3v) is 3.01. The molecule has 0 fully saturated rings. The minimum atomic E-state index is -0.132. The van der Waals surface area contributed by atoms with Gasteiger partial charge in [0.15, 0.2) is 0 Å². The van der Waals surface area contributed by atoms with Gasteiger partial charge in [0.2, 0.25) is 0 Å². The molecule has 3 heteroatoms. The number of nitrogens with one attached hydrogen (secondary N) is 2. The number of hydrogen-bond acceptors (Lipinski definition) is 1. The molecule has 0 spiro atoms. The van der Waals surface area contributed by atoms with Gasteiger partial charge in [-0.3, -0.25) is 0 Å². The second-order valence-corrected chi connectivity index (χ2v) is 4.64. The second kappa shape index (κ2) is 6.28. The van der Waals surface area contributed by atoms with Gasteiger partial charge >= 0.3 is 6.03 Å². The summed E-state index contributed by atoms with van der Waals surface area (Å²) in [5.74, 6) is 0.433. The summed E-state index contributed by atoms with van der Waals surface area (Å²) in [6.07, 6.45) is 0.913. The highest BCUT2D eigenvalue weighted by atomic mass is 16.2. The molecule has 1 aromatic carbocycles. The molecule has 0 heterocycles. The van der Waals surface area contributed by atoms with Gasteiger partial charge in [-0.15, -0.1) is 0 Å². The summed E-state index contributed by atoms with van der Waals surface area (Å²) in [5, 5.41) is 5.83. The summed E-state index contributed by atoms with van der Waals surface area (Å²) in [5.41, 5.74) is 2.04. The van der Waals surface area contributed by atoms with Crippen molar-refractivity contribution >= 4 is 11.7 Å². The Balaban J connectivity index is 2.62. The number of para-hydroxylation sites is 1. The molecule has 17 heavy (non-hydrogen) atoms. The quantitative estimate of drug-likeness (QED) is 0.823. The van der Waals surface area contributed by atoms with Gasteiger partial charge in [0, 0.05) is 11.7 Å². The van der Waals surface area contributed by atoms with Crippen LogP contribution in [0.2, 0.25) is 0 Å². The van der Waals surface area contributed by atoms with Gasteiger partial charge < -0.3 is 10.6 Å². The summed E-state index contributed by atoms with van der Waals surface area (Å²) < 4.78 is 0. The lowest BCUT2D eigenvalue weighted by Gasteiger charge is -2.18. The van der Waals surface area contributed by atoms with Gasteiger partial charge in [0.1, 0.15) is 0 Å². The van der Waals surface area contributed by atoms with E-state index in [0.29, 0.717) is 5.92 Å². The Morgan fingerprint density at radius 2 is 1.88 bits per heavy atom. The number of anilines is 1. The molecule has 1 unspecified atom stereocenters. The zero-order valence-corrected chi connectivity index (χ0v) is 11.1. The van der Waals surface area contributed by atoms with Crippen molar-refractivity contribution < 1.29 is 4.79 Å². The Bertz CT molecular complexity index is 374. The Morgan fingerprint density at radius 3 is 2.47 bits per heavy atom. The molecular formula is C14H22N2O. The number of amides is 2. The molecule has 1 atom stereocenters. The Hall–Kier alpha value is -1.51. The average Bonchev–Trinajstić information content (AvgIpc) is 2.29. The first-order valence-corrected chi connectivity index (χ1v) is 6.20. The van der Waals surface area contributed by atoms with Crippen molar-refractivity contribution in [1.29, 1.82) is 0 Å². The smallest absolute Gasteiger partial charge is 0.319 e. The van der Waals surface area contributed by atoms with Crippen molar-refractivity contribution in [2.45, 2.75) is 40.2 Å². The highest BCUT2D eigenvalue weighted by Crippen LogP contribution is 2.15. The van der Waals surface area contributed by atoms with Gasteiger partial charge in [-0.05, 0) is 30.9 Å². The number of aryl methyl sites for hydroxylation is 1. The predicted molar refractivity (Wildman–Crippen MR) is 72.3 cm³/mol. The van der Waals surface area contributed by atoms with E-state index in [1.54, 1.807) is 0 Å². The largest absolute Gasteiger partial charge is 0.335 e. The predicted octanol–water partition coefficient (Wildman–Crippen LogP) is 3.42. The van der Waals surface area contributed by atoms with Crippen LogP contribution in [-0.2, 0) is 6.42 Å². The molecule has 0 bridgehead atoms. The Kier molecular flexibility index (Phi) is 5.01. The number of carbonyl (C=O) groups is 1. The molecule has 0 aromatic heterocycles. The maximum Gasteiger partial charge on any atom is 0.319 e. The van der Waals surface area contributed by atoms with Crippen LogP contribution in [0.15, 0.2) is 24.3 Å². The molecule has 0 aliphatic carbocycles. The minimum absolute atomic E-state index is 0.132. The monoisotopic (exact) mass is 234 g/mol. The third kappa shape index (κ3) is 4.10. The van der Waals surface area contributed by atoms with Gasteiger partial charge in [0.05, 0.1) is 0 Å². The molecule has 0 radical (unpaired) electrons. The molecule has 2 N–H and O–H groups in total. The van der Waals surface area contributed by atoms with E-state index in [0.717, 1.165) is 17.7 Å². The van der Waals surface area contributed by atoms with Crippen molar-refractivity contribution in [2.24, 2.45) is 5.92 Å². The van der Waals surface area contributed by atoms with Crippen LogP contribution in [0.1, 0.15) is 33.3 Å². The lowest BCUT2D eigenvalue weighted by molar-refractivity contribution is 0.246. The molecular weight excluding hydrogens is 212 g/mol. The highest BCUT2D eigenvalue weighted by molar-refractivity contribution is 5.90. The second-order valence-electron chi connectivity index (χ2n) is 4.64. The van der Waals surface area contributed by atoms with Crippen molar-refractivity contribution in [2.75, 3.05) is 5.32 Å². The van der Waals surface area contributed by atoms with Crippen LogP contribution in [0.3, 0.4) is 0 Å². The molecule has 0 saturated heterocycles. The fraction of sp³-hybridized carbons (Fsp3) is 0.500. The molecule has 0 aliphatic rings. The van der Waals surface area contributed by atoms with E-state index in [4.69, 9.17) is 0 Å². The zero-order chi connectivity index (χ0) is 12.8. The topological polar surface area (TPSA) is 41.1 Å². The van der Waals surface area contributed by atoms with Gasteiger partial charge in [-0.25, -0.2) is 4.79 Å². The highest BCUT2D eigenvalue weighted by Gasteiger charge is 2.11. The summed E-state index contributed by atoms with van der Waals surface area (Å²) >= 11 is 0. The number of rotatable bonds is 4. The van der Waals surface area contributed by atoms with Gasteiger partial charge in [-0.2, -0.15) is 0 Å². The van der Waals surface area contributed by atoms with Crippen molar-refractivity contribution in [3.63, 3.8) is 0 Å². The molecule has 3 nitrogen and oxygen atoms in total. The van der Waals surface area contributed by atoms with E-state index in [9.17, 15) is 4.79 Å². The first kappa shape index (κ1) is 13.6. The zero-order valence-electron chi connectivity index (χ0n) is 11.1. The van der Waals surface area contributed by atoms with Crippen LogP contribution in [0.25, 0.3) is 0 Å². The van der Waals surface area contributed by atoms with E-state index >= 15 is 0 Å². The maximum absolute atomic E-state index is 11.8. The molecule has 94 valence electrons. The summed E-state index contributed by atoms with van der Waals surface area (Å²) in [4.78, 5) is 11.8. The standard InChI is InChI=1S/C14H22N2O/c1-5-12-8-6-7-9-13(12)16-14(17)15-11(4)10(2)3/h6-11H,5H2,1-4H3,(H2,15,16,17). The summed E-state index contributed by atoms with van der Waals surface area (Å²) in [6.45, 7) is 8.26. The van der Waals surface area contributed by atoms with E-state index in [2.05, 4.69) is 31.4 Å². The summed E-state index contributed by atoms with van der Waals surface area (Å²) in [7, 11) is 0. The first-order chi connectivity index (χ1) is 8.04. The maximum atomic E-state index is 11.8. The van der Waals surface area contributed by atoms with E-state index in [-0.39, 0.29) is 12.1 Å². The normalized spacial score (nSPS) is 12.3. The van der Waals surface area contributed by atoms with Crippen molar-refractivity contribution in [1.82, 2.24) is 5.32 Å². The van der Waals surface area contributed by atoms with Crippen LogP contribution >= 0.6 is 0 Å². The molecule has 1 aromatic rings. The average molecular weight is 234 g/mol. The van der Waals surface area contributed by atoms with Crippen LogP contribution in [0.5, 0.6) is 0 Å². The Labute approximate surface area is 104 Å². The van der Waals surface area contributed by atoms with Crippen molar-refractivity contribution in [3.05, 3.63) is 29.8 Å². The number of urea groups is 1. The number of hydrogen-bond donors (Lipinski definition) is 2. The molecule has 2 amide bonds. The molecule has 1 rings (SSSR count). The van der Waals surface area contributed by atoms with Crippen LogP contribution in [-0.4, -0.2) is 12.1 Å². The molecule has 0 saturated carbocycles. The summed E-state index contributed by atoms with van der Waals surface area (Å²) in [6, 6.07) is 7.91. The molecule has 0 aliphatic heterocycles. The van der Waals surface area contributed by atoms with Gasteiger partial charge in [-0.1, -0.05) is 39.0 Å². The lowest BCUT2D eigenvalue weighted by Crippen LogP contribution is -2.39. The van der Waals surface area contributed by atoms with Crippen LogP contribution < -0.4 is 10.6 Å². The fourth-order valence-corrected chi connectivity index (χ4v) is 1.48. The first-order valence-electron chi connectivity index (χ1n) is 6.20. The Morgan fingerprint density at radius 1 is 1.24 bits per heavy atom. The van der Waals surface area contributed by atoms with E-state index in [1.807, 2.05) is 31.2 Å². The number of benzene rings is 1. The van der Waals surface area contributed by atoms with Crippen LogP contribution in [0.4, 0.5) is 10.5 Å². The SMILES string of the molecule is CCc1ccccc1NC(=O)NC(C)C(C)C.